The van der Waals surface area contributed by atoms with E-state index in [9.17, 15) is 13.6 Å². The van der Waals surface area contributed by atoms with Crippen molar-refractivity contribution in [3.8, 4) is 16.9 Å². The third-order valence-electron chi connectivity index (χ3n) is 3.41. The molecule has 0 saturated carbocycles. The molecule has 2 rings (SSSR count). The Bertz CT molecular complexity index is 679. The minimum absolute atomic E-state index is 0.0719. The average molecular weight is 306 g/mol. The number of benzene rings is 2. The van der Waals surface area contributed by atoms with Crippen LogP contribution >= 0.6 is 0 Å². The summed E-state index contributed by atoms with van der Waals surface area (Å²) in [5, 5.41) is 9.13. The molecule has 0 unspecified atom stereocenters. The number of carboxylic acid groups (broad SMARTS) is 1. The van der Waals surface area contributed by atoms with Crippen molar-refractivity contribution in [1.29, 1.82) is 0 Å². The smallest absolute Gasteiger partial charge is 0.397 e. The van der Waals surface area contributed by atoms with E-state index >= 15 is 0 Å². The number of ether oxygens (including phenoxy) is 1. The van der Waals surface area contributed by atoms with E-state index in [0.29, 0.717) is 5.56 Å². The van der Waals surface area contributed by atoms with Crippen molar-refractivity contribution >= 4 is 5.97 Å². The van der Waals surface area contributed by atoms with Crippen molar-refractivity contribution in [2.24, 2.45) is 0 Å². The predicted molar refractivity (Wildman–Crippen MR) is 79.4 cm³/mol. The van der Waals surface area contributed by atoms with Crippen molar-refractivity contribution in [2.75, 3.05) is 0 Å². The highest BCUT2D eigenvalue weighted by Crippen LogP contribution is 2.29. The van der Waals surface area contributed by atoms with E-state index in [2.05, 4.69) is 4.74 Å². The van der Waals surface area contributed by atoms with Gasteiger partial charge in [-0.15, -0.1) is 0 Å². The van der Waals surface area contributed by atoms with Crippen LogP contribution in [0.15, 0.2) is 42.5 Å². The summed E-state index contributed by atoms with van der Waals surface area (Å²) in [5.41, 5.74) is 2.33. The zero-order valence-corrected chi connectivity index (χ0v) is 12.3. The molecule has 0 aromatic heterocycles. The summed E-state index contributed by atoms with van der Waals surface area (Å²) in [6.45, 7) is 3.06. The fraction of sp³-hybridized carbons (Fsp3) is 0.235. The summed E-state index contributed by atoms with van der Waals surface area (Å²) in [5.74, 6) is -0.926. The van der Waals surface area contributed by atoms with Gasteiger partial charge in [-0.25, -0.2) is 4.79 Å². The molecule has 2 aromatic rings. The second-order valence-electron chi connectivity index (χ2n) is 4.90. The topological polar surface area (TPSA) is 46.5 Å². The van der Waals surface area contributed by atoms with Crippen LogP contribution in [0.1, 0.15) is 29.3 Å². The molecular formula is C17H16F2O3. The molecule has 0 bridgehead atoms. The van der Waals surface area contributed by atoms with Crippen LogP contribution in [-0.2, 0) is 0 Å². The molecule has 3 nitrogen and oxygen atoms in total. The van der Waals surface area contributed by atoms with E-state index in [1.807, 2.05) is 0 Å². The number of hydrogen-bond acceptors (Lipinski definition) is 2. The fourth-order valence-corrected chi connectivity index (χ4v) is 2.13. The number of alkyl halides is 2. The van der Waals surface area contributed by atoms with Crippen LogP contribution in [-0.4, -0.2) is 17.2 Å². The maximum atomic E-state index is 13.2. The largest absolute Gasteiger partial charge is 0.478 e. The van der Waals surface area contributed by atoms with Gasteiger partial charge in [0.05, 0.1) is 5.56 Å². The van der Waals surface area contributed by atoms with Gasteiger partial charge in [-0.3, -0.25) is 0 Å². The first-order chi connectivity index (χ1) is 10.3. The molecule has 0 heterocycles. The predicted octanol–water partition coefficient (Wildman–Crippen LogP) is 4.74. The Morgan fingerprint density at radius 1 is 1.18 bits per heavy atom. The first-order valence-electron chi connectivity index (χ1n) is 6.84. The Hall–Kier alpha value is -2.43. The van der Waals surface area contributed by atoms with Gasteiger partial charge in [0, 0.05) is 6.42 Å². The van der Waals surface area contributed by atoms with Gasteiger partial charge in [-0.2, -0.15) is 8.78 Å². The quantitative estimate of drug-likeness (QED) is 0.867. The van der Waals surface area contributed by atoms with E-state index in [4.69, 9.17) is 5.11 Å². The molecule has 0 atom stereocenters. The molecule has 22 heavy (non-hydrogen) atoms. The fourth-order valence-electron chi connectivity index (χ4n) is 2.13. The van der Waals surface area contributed by atoms with Gasteiger partial charge < -0.3 is 9.84 Å². The maximum absolute atomic E-state index is 13.2. The molecule has 0 spiro atoms. The number of hydrogen-bond donors (Lipinski definition) is 1. The standard InChI is InChI=1S/C17H16F2O3/c1-3-17(18,19)22-13-9-7-12(8-10-13)14-5-4-6-15(11(14)2)16(20)21/h4-10H,3H2,1-2H3,(H,20,21). The number of carbonyl (C=O) groups is 1. The van der Waals surface area contributed by atoms with E-state index in [1.165, 1.54) is 25.1 Å². The Kier molecular flexibility index (Phi) is 4.45. The van der Waals surface area contributed by atoms with Crippen LogP contribution in [0.25, 0.3) is 11.1 Å². The van der Waals surface area contributed by atoms with Gasteiger partial charge >= 0.3 is 12.1 Å². The van der Waals surface area contributed by atoms with Gasteiger partial charge in [0.25, 0.3) is 0 Å². The Labute approximate surface area is 127 Å². The average Bonchev–Trinajstić information content (AvgIpc) is 2.48. The monoisotopic (exact) mass is 306 g/mol. The molecule has 5 heteroatoms. The zero-order chi connectivity index (χ0) is 16.3. The summed E-state index contributed by atoms with van der Waals surface area (Å²) in [6.07, 6.45) is -3.60. The van der Waals surface area contributed by atoms with Crippen LogP contribution < -0.4 is 4.74 Å². The third kappa shape index (κ3) is 3.42. The van der Waals surface area contributed by atoms with Crippen LogP contribution in [0.4, 0.5) is 8.78 Å². The molecule has 1 N–H and O–H groups in total. The number of halogens is 2. The lowest BCUT2D eigenvalue weighted by Crippen LogP contribution is -2.22. The summed E-state index contributed by atoms with van der Waals surface area (Å²) < 4.78 is 31.0. The van der Waals surface area contributed by atoms with Crippen molar-refractivity contribution in [2.45, 2.75) is 26.4 Å². The molecule has 0 saturated heterocycles. The van der Waals surface area contributed by atoms with Crippen LogP contribution in [0.3, 0.4) is 0 Å². The SMILES string of the molecule is CCC(F)(F)Oc1ccc(-c2cccc(C(=O)O)c2C)cc1. The zero-order valence-electron chi connectivity index (χ0n) is 12.3. The highest BCUT2D eigenvalue weighted by molar-refractivity contribution is 5.92. The molecule has 0 fully saturated rings. The molecular weight excluding hydrogens is 290 g/mol. The first-order valence-corrected chi connectivity index (χ1v) is 6.84. The summed E-state index contributed by atoms with van der Waals surface area (Å²) in [7, 11) is 0. The summed E-state index contributed by atoms with van der Waals surface area (Å²) in [6, 6.07) is 11.1. The van der Waals surface area contributed by atoms with Gasteiger partial charge in [-0.1, -0.05) is 31.2 Å². The van der Waals surface area contributed by atoms with Crippen LogP contribution in [0.2, 0.25) is 0 Å². The summed E-state index contributed by atoms with van der Waals surface area (Å²) in [4.78, 5) is 11.1. The van der Waals surface area contributed by atoms with Crippen molar-refractivity contribution in [3.63, 3.8) is 0 Å². The van der Waals surface area contributed by atoms with E-state index in [0.717, 1.165) is 11.1 Å². The lowest BCUT2D eigenvalue weighted by Gasteiger charge is -2.16. The molecule has 0 aliphatic rings. The molecule has 0 radical (unpaired) electrons. The molecule has 0 aliphatic heterocycles. The molecule has 0 aliphatic carbocycles. The van der Waals surface area contributed by atoms with Crippen LogP contribution in [0.5, 0.6) is 5.75 Å². The maximum Gasteiger partial charge on any atom is 0.397 e. The third-order valence-corrected chi connectivity index (χ3v) is 3.41. The van der Waals surface area contributed by atoms with Gasteiger partial charge in [0.15, 0.2) is 0 Å². The molecule has 0 amide bonds. The van der Waals surface area contributed by atoms with E-state index < -0.39 is 18.5 Å². The lowest BCUT2D eigenvalue weighted by molar-refractivity contribution is -0.177. The van der Waals surface area contributed by atoms with E-state index in [-0.39, 0.29) is 11.3 Å². The second-order valence-corrected chi connectivity index (χ2v) is 4.90. The number of rotatable bonds is 5. The normalized spacial score (nSPS) is 11.3. The van der Waals surface area contributed by atoms with Crippen LogP contribution in [0, 0.1) is 6.92 Å². The highest BCUT2D eigenvalue weighted by atomic mass is 19.3. The second kappa shape index (κ2) is 6.13. The van der Waals surface area contributed by atoms with Gasteiger partial charge in [-0.05, 0) is 41.8 Å². The summed E-state index contributed by atoms with van der Waals surface area (Å²) >= 11 is 0. The minimum atomic E-state index is -3.19. The van der Waals surface area contributed by atoms with Gasteiger partial charge in [0.1, 0.15) is 5.75 Å². The van der Waals surface area contributed by atoms with E-state index in [1.54, 1.807) is 31.2 Å². The van der Waals surface area contributed by atoms with Crippen molar-refractivity contribution < 1.29 is 23.4 Å². The lowest BCUT2D eigenvalue weighted by atomic mass is 9.96. The Morgan fingerprint density at radius 2 is 1.82 bits per heavy atom. The molecule has 2 aromatic carbocycles. The van der Waals surface area contributed by atoms with Crippen molar-refractivity contribution in [1.82, 2.24) is 0 Å². The number of carboxylic acids is 1. The first kappa shape index (κ1) is 15.9. The highest BCUT2D eigenvalue weighted by Gasteiger charge is 2.28. The minimum Gasteiger partial charge on any atom is -0.478 e. The Balaban J connectivity index is 2.32. The molecule has 116 valence electrons. The Morgan fingerprint density at radius 3 is 2.36 bits per heavy atom. The van der Waals surface area contributed by atoms with Crippen molar-refractivity contribution in [3.05, 3.63) is 53.6 Å². The number of aromatic carboxylic acids is 1. The van der Waals surface area contributed by atoms with Gasteiger partial charge in [0.2, 0.25) is 0 Å².